The van der Waals surface area contributed by atoms with Crippen LogP contribution in [0.4, 0.5) is 23.7 Å². The number of primary amides is 1. The number of hydrogen-bond donors (Lipinski definition) is 1. The highest BCUT2D eigenvalue weighted by Gasteiger charge is 2.37. The molecule has 0 spiro atoms. The van der Waals surface area contributed by atoms with Crippen LogP contribution in [0.5, 0.6) is 0 Å². The van der Waals surface area contributed by atoms with Crippen LogP contribution in [-0.4, -0.2) is 23.7 Å². The van der Waals surface area contributed by atoms with Gasteiger partial charge in [-0.25, -0.2) is 9.28 Å². The molecular weight excluding hydrogens is 301 g/mol. The van der Waals surface area contributed by atoms with Crippen molar-refractivity contribution in [1.82, 2.24) is 4.48 Å². The van der Waals surface area contributed by atoms with E-state index in [0.717, 1.165) is 12.1 Å². The lowest BCUT2D eigenvalue weighted by Gasteiger charge is -2.31. The molecule has 2 N–H and O–H groups in total. The Balaban J connectivity index is 3.20. The van der Waals surface area contributed by atoms with E-state index in [-0.39, 0.29) is 20.8 Å². The van der Waals surface area contributed by atoms with Gasteiger partial charge >= 0.3 is 12.2 Å². The number of quaternary nitrogens is 1. The first kappa shape index (κ1) is 17.8. The number of urea groups is 1. The number of alkyl halides is 3. The topological polar surface area (TPSA) is 43.1 Å². The van der Waals surface area contributed by atoms with Crippen molar-refractivity contribution < 1.29 is 18.0 Å². The molecule has 0 aromatic heterocycles. The number of nitrogens with two attached hydrogens (primary N) is 1. The summed E-state index contributed by atoms with van der Waals surface area (Å²) in [5.74, 6) is 0.264. The van der Waals surface area contributed by atoms with Crippen molar-refractivity contribution in [1.29, 1.82) is 0 Å². The summed E-state index contributed by atoms with van der Waals surface area (Å²) < 4.78 is 37.9. The van der Waals surface area contributed by atoms with Gasteiger partial charge in [0.1, 0.15) is 11.6 Å². The van der Waals surface area contributed by atoms with Crippen LogP contribution in [0.25, 0.3) is 0 Å². The predicted molar refractivity (Wildman–Crippen MR) is 81.0 cm³/mol. The lowest BCUT2D eigenvalue weighted by Crippen LogP contribution is -2.54. The van der Waals surface area contributed by atoms with Gasteiger partial charge in [-0.05, 0) is 12.1 Å². The maximum Gasteiger partial charge on any atom is 0.419 e. The summed E-state index contributed by atoms with van der Waals surface area (Å²) in [5, 5.41) is 0. The standard InChI is InChI=1S/C14H19F3N2OS/c1-13(2,3)21-9-19(4,12(18)20)11-7-5-6-10(8-11)14(15,16)17/h5-8H,9H2,1-4H3,(H-,18,20)/p+1. The van der Waals surface area contributed by atoms with Crippen LogP contribution in [-0.2, 0) is 6.18 Å². The summed E-state index contributed by atoms with van der Waals surface area (Å²) >= 11 is 1.47. The second kappa shape index (κ2) is 5.88. The first-order valence-corrected chi connectivity index (χ1v) is 7.32. The third-order valence-corrected chi connectivity index (χ3v) is 4.50. The summed E-state index contributed by atoms with van der Waals surface area (Å²) in [6.07, 6.45) is -4.45. The average Bonchev–Trinajstić information content (AvgIpc) is 2.34. The van der Waals surface area contributed by atoms with Crippen molar-refractivity contribution in [3.63, 3.8) is 0 Å². The van der Waals surface area contributed by atoms with Gasteiger partial charge < -0.3 is 5.73 Å². The number of halogens is 3. The molecule has 0 radical (unpaired) electrons. The molecule has 3 nitrogen and oxygen atoms in total. The molecule has 0 bridgehead atoms. The normalized spacial score (nSPS) is 15.6. The van der Waals surface area contributed by atoms with Gasteiger partial charge in [0.25, 0.3) is 0 Å². The molecule has 0 saturated heterocycles. The molecular formula is C14H20F3N2OS+. The molecule has 1 aromatic rings. The molecule has 7 heteroatoms. The van der Waals surface area contributed by atoms with Crippen molar-refractivity contribution in [2.75, 3.05) is 12.9 Å². The van der Waals surface area contributed by atoms with E-state index >= 15 is 0 Å². The molecule has 0 saturated carbocycles. The van der Waals surface area contributed by atoms with E-state index in [1.807, 2.05) is 20.8 Å². The van der Waals surface area contributed by atoms with E-state index in [1.54, 1.807) is 0 Å². The van der Waals surface area contributed by atoms with Crippen LogP contribution in [0.15, 0.2) is 24.3 Å². The minimum Gasteiger partial charge on any atom is -0.319 e. The van der Waals surface area contributed by atoms with Crippen LogP contribution in [0, 0.1) is 0 Å². The fourth-order valence-electron chi connectivity index (χ4n) is 1.58. The number of nitrogens with zero attached hydrogens (tertiary/aromatic N) is 1. The maximum atomic E-state index is 12.8. The molecule has 0 aliphatic heterocycles. The van der Waals surface area contributed by atoms with Crippen LogP contribution in [0.1, 0.15) is 26.3 Å². The highest BCUT2D eigenvalue weighted by atomic mass is 32.2. The van der Waals surface area contributed by atoms with E-state index < -0.39 is 17.8 Å². The molecule has 2 amide bonds. The third-order valence-electron chi connectivity index (χ3n) is 2.99. The molecule has 0 aliphatic rings. The fraction of sp³-hybridized carbons (Fsp3) is 0.500. The van der Waals surface area contributed by atoms with E-state index in [0.29, 0.717) is 0 Å². The highest BCUT2D eigenvalue weighted by Crippen LogP contribution is 2.35. The van der Waals surface area contributed by atoms with Gasteiger partial charge in [0.15, 0.2) is 0 Å². The molecule has 0 heterocycles. The Morgan fingerprint density at radius 2 is 1.86 bits per heavy atom. The zero-order valence-corrected chi connectivity index (χ0v) is 13.3. The minimum absolute atomic E-state index is 0.128. The number of benzene rings is 1. The zero-order chi connectivity index (χ0) is 16.5. The molecule has 1 aromatic carbocycles. The molecule has 1 atom stereocenters. The second-order valence-electron chi connectivity index (χ2n) is 5.96. The fourth-order valence-corrected chi connectivity index (χ4v) is 2.50. The Labute approximate surface area is 126 Å². The summed E-state index contributed by atoms with van der Waals surface area (Å²) in [5.41, 5.74) is 4.88. The Kier molecular flexibility index (Phi) is 5.00. The van der Waals surface area contributed by atoms with Crippen molar-refractivity contribution in [2.45, 2.75) is 31.7 Å². The Hall–Kier alpha value is -1.21. The van der Waals surface area contributed by atoms with Crippen molar-refractivity contribution in [2.24, 2.45) is 5.73 Å². The number of amides is 2. The molecule has 118 valence electrons. The number of rotatable bonds is 3. The van der Waals surface area contributed by atoms with Gasteiger partial charge in [0.05, 0.1) is 12.6 Å². The smallest absolute Gasteiger partial charge is 0.319 e. The lowest BCUT2D eigenvalue weighted by atomic mass is 10.1. The van der Waals surface area contributed by atoms with E-state index in [1.165, 1.54) is 30.9 Å². The van der Waals surface area contributed by atoms with Crippen LogP contribution < -0.4 is 10.2 Å². The molecule has 21 heavy (non-hydrogen) atoms. The Morgan fingerprint density at radius 3 is 2.29 bits per heavy atom. The predicted octanol–water partition coefficient (Wildman–Crippen LogP) is 4.21. The number of hydrogen-bond acceptors (Lipinski definition) is 2. The molecule has 1 unspecified atom stereocenters. The van der Waals surface area contributed by atoms with Crippen LogP contribution in [0.2, 0.25) is 0 Å². The van der Waals surface area contributed by atoms with Crippen molar-refractivity contribution in [3.8, 4) is 0 Å². The van der Waals surface area contributed by atoms with Crippen molar-refractivity contribution in [3.05, 3.63) is 29.8 Å². The average molecular weight is 321 g/mol. The van der Waals surface area contributed by atoms with E-state index in [2.05, 4.69) is 0 Å². The first-order valence-electron chi connectivity index (χ1n) is 6.33. The quantitative estimate of drug-likeness (QED) is 0.669. The van der Waals surface area contributed by atoms with Gasteiger partial charge in [0.2, 0.25) is 0 Å². The molecule has 0 aliphatic carbocycles. The summed E-state index contributed by atoms with van der Waals surface area (Å²) in [6, 6.07) is 4.05. The Bertz CT molecular complexity index is 526. The number of carbonyl (C=O) groups is 1. The lowest BCUT2D eigenvalue weighted by molar-refractivity contribution is -0.137. The SMILES string of the molecule is CC(C)(C)SC[N+](C)(C(N)=O)c1cccc(C(F)(F)F)c1. The Morgan fingerprint density at radius 1 is 1.29 bits per heavy atom. The maximum absolute atomic E-state index is 12.8. The molecule has 1 rings (SSSR count). The second-order valence-corrected chi connectivity index (χ2v) is 7.74. The first-order chi connectivity index (χ1) is 9.36. The summed E-state index contributed by atoms with van der Waals surface area (Å²) in [7, 11) is 1.52. The summed E-state index contributed by atoms with van der Waals surface area (Å²) in [6.45, 7) is 5.90. The third kappa shape index (κ3) is 4.64. The minimum atomic E-state index is -4.45. The number of carbonyl (C=O) groups excluding carboxylic acids is 1. The van der Waals surface area contributed by atoms with Crippen LogP contribution in [0.3, 0.4) is 0 Å². The highest BCUT2D eigenvalue weighted by molar-refractivity contribution is 8.00. The molecule has 0 fully saturated rings. The van der Waals surface area contributed by atoms with Gasteiger partial charge in [-0.2, -0.15) is 13.2 Å². The summed E-state index contributed by atoms with van der Waals surface area (Å²) in [4.78, 5) is 11.8. The monoisotopic (exact) mass is 321 g/mol. The van der Waals surface area contributed by atoms with Gasteiger partial charge in [-0.3, -0.25) is 0 Å². The van der Waals surface area contributed by atoms with Gasteiger partial charge in [-0.15, -0.1) is 0 Å². The van der Waals surface area contributed by atoms with Crippen molar-refractivity contribution >= 4 is 23.5 Å². The largest absolute Gasteiger partial charge is 0.419 e. The van der Waals surface area contributed by atoms with E-state index in [4.69, 9.17) is 5.73 Å². The van der Waals surface area contributed by atoms with Crippen LogP contribution >= 0.6 is 11.8 Å². The van der Waals surface area contributed by atoms with Gasteiger partial charge in [-0.1, -0.05) is 38.6 Å². The van der Waals surface area contributed by atoms with Gasteiger partial charge in [0, 0.05) is 10.8 Å². The number of thioether (sulfide) groups is 1. The van der Waals surface area contributed by atoms with E-state index in [9.17, 15) is 18.0 Å². The zero-order valence-electron chi connectivity index (χ0n) is 12.5.